The third-order valence-electron chi connectivity index (χ3n) is 8.30. The molecular formula is C30H30BrN7O3. The predicted molar refractivity (Wildman–Crippen MR) is 157 cm³/mol. The van der Waals surface area contributed by atoms with E-state index in [2.05, 4.69) is 48.2 Å². The molecule has 3 atom stereocenters. The van der Waals surface area contributed by atoms with Crippen LogP contribution in [0.4, 0.5) is 5.82 Å². The fourth-order valence-electron chi connectivity index (χ4n) is 6.01. The lowest BCUT2D eigenvalue weighted by Gasteiger charge is -2.27. The number of aryl methyl sites for hydroxylation is 3. The first-order valence-electron chi connectivity index (χ1n) is 13.5. The maximum absolute atomic E-state index is 13.9. The largest absolute Gasteiger partial charge is 0.325 e. The lowest BCUT2D eigenvalue weighted by Crippen LogP contribution is -2.47. The molecular weight excluding hydrogens is 586 g/mol. The smallest absolute Gasteiger partial charge is 0.248 e. The summed E-state index contributed by atoms with van der Waals surface area (Å²) in [6, 6.07) is 6.95. The zero-order valence-electron chi connectivity index (χ0n) is 23.5. The summed E-state index contributed by atoms with van der Waals surface area (Å²) < 4.78 is 2.22. The highest BCUT2D eigenvalue weighted by molar-refractivity contribution is 9.10. The number of fused-ring (bicyclic) bond motifs is 2. The molecule has 0 bridgehead atoms. The van der Waals surface area contributed by atoms with Crippen molar-refractivity contribution in [2.24, 2.45) is 5.41 Å². The number of ketones is 1. The van der Waals surface area contributed by atoms with Crippen molar-refractivity contribution in [3.05, 3.63) is 63.9 Å². The third-order valence-corrected chi connectivity index (χ3v) is 8.74. The van der Waals surface area contributed by atoms with Crippen LogP contribution < -0.4 is 5.32 Å². The molecule has 6 rings (SSSR count). The van der Waals surface area contributed by atoms with Crippen molar-refractivity contribution < 1.29 is 14.4 Å². The number of carbonyl (C=O) groups excluding carboxylic acids is 3. The first-order chi connectivity index (χ1) is 19.4. The summed E-state index contributed by atoms with van der Waals surface area (Å²) in [5, 5.41) is 8.20. The van der Waals surface area contributed by atoms with Gasteiger partial charge >= 0.3 is 0 Å². The van der Waals surface area contributed by atoms with Crippen LogP contribution in [-0.4, -0.2) is 59.3 Å². The van der Waals surface area contributed by atoms with Gasteiger partial charge in [-0.2, -0.15) is 5.10 Å². The number of aromatic nitrogens is 5. The quantitative estimate of drug-likeness (QED) is 0.244. The van der Waals surface area contributed by atoms with E-state index in [0.29, 0.717) is 39.3 Å². The van der Waals surface area contributed by atoms with E-state index in [9.17, 15) is 14.4 Å². The number of anilines is 1. The number of piperidine rings is 1. The Kier molecular flexibility index (Phi) is 6.52. The van der Waals surface area contributed by atoms with Gasteiger partial charge in [-0.3, -0.25) is 19.1 Å². The third kappa shape index (κ3) is 4.81. The van der Waals surface area contributed by atoms with Gasteiger partial charge in [0, 0.05) is 36.3 Å². The predicted octanol–water partition coefficient (Wildman–Crippen LogP) is 4.80. The van der Waals surface area contributed by atoms with Gasteiger partial charge in [0.1, 0.15) is 34.5 Å². The van der Waals surface area contributed by atoms with Crippen LogP contribution in [0.2, 0.25) is 0 Å². The zero-order chi connectivity index (χ0) is 29.2. The Morgan fingerprint density at radius 2 is 1.78 bits per heavy atom. The molecule has 1 aromatic carbocycles. The minimum Gasteiger partial charge on any atom is -0.325 e. The van der Waals surface area contributed by atoms with Gasteiger partial charge in [0.15, 0.2) is 5.78 Å². The monoisotopic (exact) mass is 615 g/mol. The minimum absolute atomic E-state index is 0.00865. The standard InChI is InChI=1S/C30H30BrN7O3/c1-15-6-7-24(31)34-28(15)35-29(41)22-10-30(5)11-23(30)38(22)25(40)14-37-27-16(2)8-19(20-12-32-18(4)33-13-20)9-21(27)26(36-37)17(3)39/h6-9,12-13,22-23H,10-11,14H2,1-5H3,(H,34,35,41)/t22-,23+,30-/m0/s1. The van der Waals surface area contributed by atoms with Crippen LogP contribution in [0.15, 0.2) is 41.3 Å². The molecule has 41 heavy (non-hydrogen) atoms. The first kappa shape index (κ1) is 27.2. The fourth-order valence-corrected chi connectivity index (χ4v) is 6.32. The van der Waals surface area contributed by atoms with E-state index in [-0.39, 0.29) is 35.6 Å². The Bertz CT molecular complexity index is 1750. The van der Waals surface area contributed by atoms with Crippen molar-refractivity contribution >= 4 is 50.2 Å². The molecule has 0 spiro atoms. The molecule has 0 radical (unpaired) electrons. The topological polar surface area (TPSA) is 123 Å². The number of benzene rings is 1. The Hall–Kier alpha value is -3.99. The lowest BCUT2D eigenvalue weighted by molar-refractivity contribution is -0.138. The molecule has 1 N–H and O–H groups in total. The van der Waals surface area contributed by atoms with Crippen molar-refractivity contribution in [2.75, 3.05) is 5.32 Å². The van der Waals surface area contributed by atoms with Crippen molar-refractivity contribution in [2.45, 2.75) is 66.1 Å². The Morgan fingerprint density at radius 3 is 2.49 bits per heavy atom. The SMILES string of the molecule is CC(=O)c1nn(CC(=O)N2[C@H](C(=O)Nc3nc(Br)ccc3C)C[C@@]3(C)C[C@@H]23)c2c(C)cc(-c3cnc(C)nc3)cc12. The molecule has 11 heteroatoms. The number of amides is 2. The molecule has 2 amide bonds. The number of nitrogens with zero attached hydrogens (tertiary/aromatic N) is 6. The van der Waals surface area contributed by atoms with Crippen LogP contribution in [0.25, 0.3) is 22.0 Å². The second kappa shape index (κ2) is 9.83. The summed E-state index contributed by atoms with van der Waals surface area (Å²) in [7, 11) is 0. The maximum Gasteiger partial charge on any atom is 0.248 e. The number of Topliss-reactive ketones (excluding diaryl/α,β-unsaturated/α-hetero) is 1. The van der Waals surface area contributed by atoms with E-state index in [4.69, 9.17) is 0 Å². The van der Waals surface area contributed by atoms with E-state index < -0.39 is 6.04 Å². The van der Waals surface area contributed by atoms with Crippen LogP contribution in [0, 0.1) is 26.2 Å². The van der Waals surface area contributed by atoms with Crippen molar-refractivity contribution in [3.63, 3.8) is 0 Å². The normalized spacial score (nSPS) is 21.2. The highest BCUT2D eigenvalue weighted by Crippen LogP contribution is 2.59. The highest BCUT2D eigenvalue weighted by Gasteiger charge is 2.64. The zero-order valence-corrected chi connectivity index (χ0v) is 25.1. The molecule has 10 nitrogen and oxygen atoms in total. The van der Waals surface area contributed by atoms with Crippen LogP contribution in [-0.2, 0) is 16.1 Å². The molecule has 210 valence electrons. The van der Waals surface area contributed by atoms with Gasteiger partial charge in [0.05, 0.1) is 5.52 Å². The van der Waals surface area contributed by atoms with Crippen molar-refractivity contribution in [3.8, 4) is 11.1 Å². The van der Waals surface area contributed by atoms with Gasteiger partial charge in [-0.25, -0.2) is 15.0 Å². The van der Waals surface area contributed by atoms with Crippen LogP contribution in [0.5, 0.6) is 0 Å². The maximum atomic E-state index is 13.9. The molecule has 2 aliphatic rings. The van der Waals surface area contributed by atoms with Crippen molar-refractivity contribution in [1.82, 2.24) is 29.6 Å². The Morgan fingerprint density at radius 1 is 1.05 bits per heavy atom. The second-order valence-electron chi connectivity index (χ2n) is 11.5. The molecule has 3 aromatic heterocycles. The Balaban J connectivity index is 1.32. The number of halogens is 1. The van der Waals surface area contributed by atoms with E-state index in [1.165, 1.54) is 6.92 Å². The minimum atomic E-state index is -0.616. The number of hydrogen-bond acceptors (Lipinski definition) is 7. The number of nitrogens with one attached hydrogen (secondary N) is 1. The highest BCUT2D eigenvalue weighted by atomic mass is 79.9. The molecule has 2 fully saturated rings. The number of hydrogen-bond donors (Lipinski definition) is 1. The molecule has 1 saturated carbocycles. The van der Waals surface area contributed by atoms with Gasteiger partial charge in [0.25, 0.3) is 0 Å². The molecule has 1 saturated heterocycles. The first-order valence-corrected chi connectivity index (χ1v) is 14.3. The van der Waals surface area contributed by atoms with Gasteiger partial charge in [0.2, 0.25) is 11.8 Å². The summed E-state index contributed by atoms with van der Waals surface area (Å²) in [5.41, 5.74) is 4.32. The summed E-state index contributed by atoms with van der Waals surface area (Å²) in [6.07, 6.45) is 4.94. The van der Waals surface area contributed by atoms with E-state index in [1.807, 2.05) is 45.0 Å². The summed E-state index contributed by atoms with van der Waals surface area (Å²) in [6.45, 7) is 9.14. The summed E-state index contributed by atoms with van der Waals surface area (Å²) >= 11 is 3.36. The van der Waals surface area contributed by atoms with Crippen molar-refractivity contribution in [1.29, 1.82) is 0 Å². The summed E-state index contributed by atoms with van der Waals surface area (Å²) in [5.74, 6) is 0.493. The second-order valence-corrected chi connectivity index (χ2v) is 12.3. The fraction of sp³-hybridized carbons (Fsp3) is 0.367. The van der Waals surface area contributed by atoms with Gasteiger partial charge in [-0.15, -0.1) is 0 Å². The van der Waals surface area contributed by atoms with E-state index in [1.54, 1.807) is 22.0 Å². The van der Waals surface area contributed by atoms with Crippen LogP contribution >= 0.6 is 15.9 Å². The average molecular weight is 617 g/mol. The van der Waals surface area contributed by atoms with Crippen LogP contribution in [0.3, 0.4) is 0 Å². The number of likely N-dealkylation sites (tertiary alicyclic amines) is 1. The summed E-state index contributed by atoms with van der Waals surface area (Å²) in [4.78, 5) is 54.7. The van der Waals surface area contributed by atoms with Gasteiger partial charge in [-0.1, -0.05) is 13.0 Å². The number of pyridine rings is 1. The average Bonchev–Trinajstić information content (AvgIpc) is 3.27. The molecule has 1 aliphatic carbocycles. The number of rotatable bonds is 6. The molecule has 0 unspecified atom stereocenters. The van der Waals surface area contributed by atoms with E-state index in [0.717, 1.165) is 28.7 Å². The Labute approximate surface area is 245 Å². The lowest BCUT2D eigenvalue weighted by atomic mass is 10.0. The van der Waals surface area contributed by atoms with Gasteiger partial charge < -0.3 is 10.2 Å². The molecule has 1 aliphatic heterocycles. The van der Waals surface area contributed by atoms with E-state index >= 15 is 0 Å². The van der Waals surface area contributed by atoms with Gasteiger partial charge in [-0.05, 0) is 89.8 Å². The number of carbonyl (C=O) groups is 3. The molecule has 4 heterocycles. The van der Waals surface area contributed by atoms with Crippen LogP contribution in [0.1, 0.15) is 54.1 Å². The molecule has 4 aromatic rings.